The zero-order valence-electron chi connectivity index (χ0n) is 17.4. The minimum atomic E-state index is -1.81. The Balaban J connectivity index is 0. The van der Waals surface area contributed by atoms with Crippen molar-refractivity contribution in [3.05, 3.63) is 24.3 Å². The average molecular weight is 690 g/mol. The van der Waals surface area contributed by atoms with Gasteiger partial charge in [0.15, 0.2) is 0 Å². The number of tetrazole rings is 1. The van der Waals surface area contributed by atoms with E-state index in [1.165, 1.54) is 18.8 Å². The maximum atomic E-state index is 12.0. The van der Waals surface area contributed by atoms with Gasteiger partial charge in [0.25, 0.3) is 0 Å². The number of carboxylic acids is 1. The van der Waals surface area contributed by atoms with Crippen molar-refractivity contribution < 1.29 is 27.9 Å². The number of aryl methyl sites for hydroxylation is 1. The molecule has 165 valence electrons. The number of halogens is 2. The molecule has 0 aliphatic rings. The summed E-state index contributed by atoms with van der Waals surface area (Å²) in [4.78, 5) is 12.6. The monoisotopic (exact) mass is 690 g/mol. The summed E-state index contributed by atoms with van der Waals surface area (Å²) in [6.07, 6.45) is 0. The van der Waals surface area contributed by atoms with E-state index in [2.05, 4.69) is 55.4 Å². The maximum absolute atomic E-state index is 12.0. The zero-order chi connectivity index (χ0) is 23.0. The number of aromatic nitrogens is 4. The molecule has 0 saturated carbocycles. The molecule has 0 bridgehead atoms. The number of nitrogens with zero attached hydrogens (tertiary/aromatic N) is 5. The zero-order valence-corrected chi connectivity index (χ0v) is 23.9. The molecule has 0 aliphatic carbocycles. The molecule has 2 atom stereocenters. The van der Waals surface area contributed by atoms with Crippen LogP contribution >= 0.6 is 40.0 Å². The van der Waals surface area contributed by atoms with E-state index in [1.54, 1.807) is 31.3 Å². The van der Waals surface area contributed by atoms with Crippen LogP contribution in [0.5, 0.6) is 0 Å². The molecule has 0 fully saturated rings. The molecule has 13 heteroatoms. The molecule has 2 aromatic rings. The van der Waals surface area contributed by atoms with Crippen LogP contribution in [0.3, 0.4) is 0 Å². The van der Waals surface area contributed by atoms with Crippen LogP contribution in [-0.4, -0.2) is 53.6 Å². The Kier molecular flexibility index (Phi) is 20.0. The van der Waals surface area contributed by atoms with Gasteiger partial charge >= 0.3 is 55.4 Å². The van der Waals surface area contributed by atoms with Crippen molar-refractivity contribution in [2.24, 2.45) is 7.05 Å². The summed E-state index contributed by atoms with van der Waals surface area (Å²) in [7, 11) is 3.70. The van der Waals surface area contributed by atoms with Crippen LogP contribution in [0.4, 0.5) is 0 Å². The van der Waals surface area contributed by atoms with Crippen molar-refractivity contribution in [2.45, 2.75) is 45.6 Å². The Bertz CT molecular complexity index is 722. The molecule has 9 nitrogen and oxygen atoms in total. The van der Waals surface area contributed by atoms with Gasteiger partial charge in [-0.05, 0) is 36.4 Å². The predicted molar refractivity (Wildman–Crippen MR) is 127 cm³/mol. The molecule has 0 saturated heterocycles. The summed E-state index contributed by atoms with van der Waals surface area (Å²) < 4.78 is 17.1. The van der Waals surface area contributed by atoms with E-state index in [1.807, 2.05) is 27.7 Å². The normalized spacial score (nSPS) is 11.5. The van der Waals surface area contributed by atoms with E-state index in [4.69, 9.17) is 9.39 Å². The molecule has 2 unspecified atom stereocenters. The molecule has 1 heterocycles. The molecular weight excluding hydrogens is 663 g/mol. The first kappa shape index (κ1) is 31.1. The molecule has 0 aliphatic heterocycles. The number of hydroxylamine groups is 2. The molecule has 2 rings (SSSR count). The van der Waals surface area contributed by atoms with Gasteiger partial charge in [-0.25, -0.2) is 4.21 Å². The van der Waals surface area contributed by atoms with Crippen molar-refractivity contribution in [2.75, 3.05) is 7.05 Å². The summed E-state index contributed by atoms with van der Waals surface area (Å²) in [6, 6.07) is 5.66. The van der Waals surface area contributed by atoms with Gasteiger partial charge in [0.2, 0.25) is 16.9 Å². The molecule has 0 radical (unpaired) electrons. The van der Waals surface area contributed by atoms with Crippen LogP contribution in [0.25, 0.3) is 11.4 Å². The molecule has 29 heavy (non-hydrogen) atoms. The van der Waals surface area contributed by atoms with Crippen LogP contribution in [-0.2, 0) is 36.7 Å². The standard InChI is InChI=1S/C12H15N5O4S.2C2H6.2HI.V/c1-8(12(18)19)16(2)21-22(20)10-6-4-9(5-7-10)11-13-15-17(3)14-11;2*1-2;;;/h4-8H,1-3H3,(H,18,19);2*1-2H3;2*1H;/q;;;;;+2/p-2. The van der Waals surface area contributed by atoms with Crippen molar-refractivity contribution in [3.8, 4) is 11.4 Å². The first-order valence-corrected chi connectivity index (χ1v) is 18.7. The van der Waals surface area contributed by atoms with Gasteiger partial charge in [-0.2, -0.15) is 14.1 Å². The number of hydrogen-bond donors (Lipinski definition) is 1. The van der Waals surface area contributed by atoms with Gasteiger partial charge in [0, 0.05) is 12.6 Å². The van der Waals surface area contributed by atoms with Crippen LogP contribution in [0.15, 0.2) is 29.2 Å². The third-order valence-corrected chi connectivity index (χ3v) is 3.93. The van der Waals surface area contributed by atoms with Crippen molar-refractivity contribution in [3.63, 3.8) is 0 Å². The fourth-order valence-corrected chi connectivity index (χ4v) is 2.27. The number of likely N-dealkylation sites (N-methyl/N-ethyl adjacent to an activating group) is 1. The van der Waals surface area contributed by atoms with Gasteiger partial charge in [0.05, 0.1) is 11.9 Å². The summed E-state index contributed by atoms with van der Waals surface area (Å²) in [6.45, 7) is 9.43. The van der Waals surface area contributed by atoms with Gasteiger partial charge in [-0.1, -0.05) is 27.7 Å². The van der Waals surface area contributed by atoms with Gasteiger partial charge < -0.3 is 5.11 Å². The number of hydrogen-bond acceptors (Lipinski definition) is 7. The Morgan fingerprint density at radius 3 is 2.10 bits per heavy atom. The fourth-order valence-electron chi connectivity index (χ4n) is 1.48. The van der Waals surface area contributed by atoms with Crippen molar-refractivity contribution in [1.29, 1.82) is 0 Å². The van der Waals surface area contributed by atoms with Gasteiger partial charge in [-0.3, -0.25) is 4.79 Å². The second kappa shape index (κ2) is 18.6. The van der Waals surface area contributed by atoms with E-state index in [-0.39, 0.29) is 0 Å². The quantitative estimate of drug-likeness (QED) is 0.358. The van der Waals surface area contributed by atoms with Crippen molar-refractivity contribution >= 4 is 57.0 Å². The first-order chi connectivity index (χ1) is 13.8. The third-order valence-electron chi connectivity index (χ3n) is 2.90. The van der Waals surface area contributed by atoms with E-state index in [0.29, 0.717) is 20.2 Å². The second-order valence-corrected chi connectivity index (χ2v) is 17.4. The van der Waals surface area contributed by atoms with Crippen molar-refractivity contribution in [1.82, 2.24) is 25.3 Å². The minimum absolute atomic E-state index is 0.400. The molecule has 1 N–H and O–H groups in total. The number of rotatable bonds is 6. The van der Waals surface area contributed by atoms with Crippen LogP contribution in [0.2, 0.25) is 0 Å². The van der Waals surface area contributed by atoms with E-state index in [9.17, 15) is 9.00 Å². The molecule has 1 aromatic heterocycles. The Hall–Kier alpha value is -0.126. The fraction of sp³-hybridized carbons (Fsp3) is 0.500. The van der Waals surface area contributed by atoms with Gasteiger partial charge in [-0.15, -0.1) is 10.2 Å². The number of benzene rings is 1. The Morgan fingerprint density at radius 1 is 1.24 bits per heavy atom. The molecular formula is C16H27I2N5O4SV. The summed E-state index contributed by atoms with van der Waals surface area (Å²) in [5, 5.41) is 21.6. The SMILES string of the molecule is CC.CC.CC(C(=O)O)N(C)OS(=O)c1ccc(-c2nnn(C)n2)cc1.[I][V][I]. The van der Waals surface area contributed by atoms with E-state index >= 15 is 0 Å². The predicted octanol–water partition coefficient (Wildman–Crippen LogP) is 4.06. The molecule has 0 amide bonds. The number of aliphatic carboxylic acids is 1. The second-order valence-electron chi connectivity index (χ2n) is 4.56. The summed E-state index contributed by atoms with van der Waals surface area (Å²) >= 11 is 2.93. The summed E-state index contributed by atoms with van der Waals surface area (Å²) in [5.74, 6) is -0.610. The Labute approximate surface area is 203 Å². The summed E-state index contributed by atoms with van der Waals surface area (Å²) in [5.41, 5.74) is 0.723. The molecule has 1 aromatic carbocycles. The first-order valence-electron chi connectivity index (χ1n) is 8.62. The number of carbonyl (C=O) groups is 1. The van der Waals surface area contributed by atoms with E-state index < -0.39 is 23.1 Å². The average Bonchev–Trinajstić information content (AvgIpc) is 3.17. The molecule has 0 spiro atoms. The topological polar surface area (TPSA) is 110 Å². The number of carboxylic acid groups (broad SMARTS) is 1. The van der Waals surface area contributed by atoms with Crippen LogP contribution in [0, 0.1) is 0 Å². The third kappa shape index (κ3) is 12.3. The Morgan fingerprint density at radius 2 is 1.72 bits per heavy atom. The van der Waals surface area contributed by atoms with E-state index in [0.717, 1.165) is 10.6 Å². The van der Waals surface area contributed by atoms with Gasteiger partial charge in [0.1, 0.15) is 6.04 Å². The van der Waals surface area contributed by atoms with Crippen LogP contribution in [0.1, 0.15) is 34.6 Å². The van der Waals surface area contributed by atoms with Crippen LogP contribution < -0.4 is 0 Å².